The number of carbonyl (C=O) groups excluding carboxylic acids is 2. The van der Waals surface area contributed by atoms with E-state index in [1.807, 2.05) is 43.0 Å². The molecule has 4 rings (SSSR count). The largest absolute Gasteiger partial charge is 0.338 e. The number of hydrogen-bond acceptors (Lipinski definition) is 5. The van der Waals surface area contributed by atoms with Gasteiger partial charge in [-0.25, -0.2) is 9.97 Å². The summed E-state index contributed by atoms with van der Waals surface area (Å²) in [7, 11) is 0. The Hall–Kier alpha value is -2.96. The van der Waals surface area contributed by atoms with E-state index in [9.17, 15) is 9.59 Å². The molecule has 0 spiro atoms. The minimum absolute atomic E-state index is 0.0200. The zero-order chi connectivity index (χ0) is 19.0. The Morgan fingerprint density at radius 3 is 2.41 bits per heavy atom. The van der Waals surface area contributed by atoms with Crippen LogP contribution in [0.4, 0.5) is 11.6 Å². The molecule has 2 aliphatic rings. The minimum Gasteiger partial charge on any atom is -0.338 e. The van der Waals surface area contributed by atoms with Crippen LogP contribution < -0.4 is 9.80 Å². The molecule has 0 aliphatic carbocycles. The van der Waals surface area contributed by atoms with Gasteiger partial charge < -0.3 is 14.7 Å². The van der Waals surface area contributed by atoms with Crippen LogP contribution in [0.2, 0.25) is 0 Å². The van der Waals surface area contributed by atoms with Crippen LogP contribution in [0.1, 0.15) is 19.4 Å². The van der Waals surface area contributed by atoms with Gasteiger partial charge in [-0.2, -0.15) is 0 Å². The third kappa shape index (κ3) is 3.03. The molecule has 0 N–H and O–H groups in total. The SMILES string of the molecule is CC1(C)C(=O)N(CC(=O)N2CCN(c3ncccn3)CC2)c2ccccc21. The number of nitrogens with zero attached hydrogens (tertiary/aromatic N) is 5. The Morgan fingerprint density at radius 1 is 1.04 bits per heavy atom. The molecule has 7 nitrogen and oxygen atoms in total. The first kappa shape index (κ1) is 17.5. The lowest BCUT2D eigenvalue weighted by molar-refractivity contribution is -0.132. The topological polar surface area (TPSA) is 69.6 Å². The summed E-state index contributed by atoms with van der Waals surface area (Å²) in [4.78, 5) is 39.8. The Labute approximate surface area is 158 Å². The molecule has 1 aromatic heterocycles. The third-order valence-corrected chi connectivity index (χ3v) is 5.41. The first-order valence-corrected chi connectivity index (χ1v) is 9.19. The van der Waals surface area contributed by atoms with Crippen molar-refractivity contribution in [3.63, 3.8) is 0 Å². The lowest BCUT2D eigenvalue weighted by atomic mass is 9.86. The van der Waals surface area contributed by atoms with Crippen LogP contribution in [0, 0.1) is 0 Å². The van der Waals surface area contributed by atoms with E-state index in [-0.39, 0.29) is 18.4 Å². The molecule has 2 aliphatic heterocycles. The predicted molar refractivity (Wildman–Crippen MR) is 103 cm³/mol. The van der Waals surface area contributed by atoms with Crippen molar-refractivity contribution in [1.82, 2.24) is 14.9 Å². The fraction of sp³-hybridized carbons (Fsp3) is 0.400. The summed E-state index contributed by atoms with van der Waals surface area (Å²) in [5.74, 6) is 0.646. The van der Waals surface area contributed by atoms with Crippen molar-refractivity contribution in [2.75, 3.05) is 42.5 Å². The number of fused-ring (bicyclic) bond motifs is 1. The molecule has 0 radical (unpaired) electrons. The van der Waals surface area contributed by atoms with E-state index in [0.29, 0.717) is 32.1 Å². The van der Waals surface area contributed by atoms with Crippen LogP contribution in [0.25, 0.3) is 0 Å². The van der Waals surface area contributed by atoms with Gasteiger partial charge in [-0.3, -0.25) is 9.59 Å². The zero-order valence-corrected chi connectivity index (χ0v) is 15.6. The summed E-state index contributed by atoms with van der Waals surface area (Å²) < 4.78 is 0. The van der Waals surface area contributed by atoms with E-state index in [1.54, 1.807) is 23.4 Å². The number of carbonyl (C=O) groups is 2. The normalized spacial score (nSPS) is 18.6. The van der Waals surface area contributed by atoms with Crippen molar-refractivity contribution in [2.45, 2.75) is 19.3 Å². The lowest BCUT2D eigenvalue weighted by Gasteiger charge is -2.35. The maximum Gasteiger partial charge on any atom is 0.242 e. The molecule has 7 heteroatoms. The highest BCUT2D eigenvalue weighted by molar-refractivity contribution is 6.10. The molecule has 2 aromatic rings. The first-order chi connectivity index (χ1) is 13.0. The quantitative estimate of drug-likeness (QED) is 0.823. The lowest BCUT2D eigenvalue weighted by Crippen LogP contribution is -2.52. The van der Waals surface area contributed by atoms with Crippen LogP contribution in [0.5, 0.6) is 0 Å². The second-order valence-corrected chi connectivity index (χ2v) is 7.45. The van der Waals surface area contributed by atoms with E-state index in [4.69, 9.17) is 0 Å². The van der Waals surface area contributed by atoms with Gasteiger partial charge >= 0.3 is 0 Å². The summed E-state index contributed by atoms with van der Waals surface area (Å²) in [6, 6.07) is 9.51. The van der Waals surface area contributed by atoms with Gasteiger partial charge in [-0.15, -0.1) is 0 Å². The molecule has 1 fully saturated rings. The smallest absolute Gasteiger partial charge is 0.242 e. The van der Waals surface area contributed by atoms with Crippen molar-refractivity contribution in [2.24, 2.45) is 0 Å². The van der Waals surface area contributed by atoms with Crippen LogP contribution in [-0.4, -0.2) is 59.4 Å². The van der Waals surface area contributed by atoms with Crippen molar-refractivity contribution in [1.29, 1.82) is 0 Å². The van der Waals surface area contributed by atoms with Gasteiger partial charge in [0.25, 0.3) is 0 Å². The average Bonchev–Trinajstić information content (AvgIpc) is 2.90. The van der Waals surface area contributed by atoms with E-state index >= 15 is 0 Å². The number of benzene rings is 1. The highest BCUT2D eigenvalue weighted by Crippen LogP contribution is 2.41. The Bertz CT molecular complexity index is 860. The fourth-order valence-electron chi connectivity index (χ4n) is 3.80. The maximum absolute atomic E-state index is 12.9. The van der Waals surface area contributed by atoms with Gasteiger partial charge in [0.1, 0.15) is 6.54 Å². The zero-order valence-electron chi connectivity index (χ0n) is 15.6. The second-order valence-electron chi connectivity index (χ2n) is 7.45. The van der Waals surface area contributed by atoms with Crippen LogP contribution in [-0.2, 0) is 15.0 Å². The van der Waals surface area contributed by atoms with Crippen LogP contribution in [0.3, 0.4) is 0 Å². The molecule has 27 heavy (non-hydrogen) atoms. The molecule has 0 unspecified atom stereocenters. The minimum atomic E-state index is -0.597. The predicted octanol–water partition coefficient (Wildman–Crippen LogP) is 1.45. The standard InChI is InChI=1S/C20H23N5O2/c1-20(2)15-6-3-4-7-16(15)25(18(20)27)14-17(26)23-10-12-24(13-11-23)19-21-8-5-9-22-19/h3-9H,10-14H2,1-2H3. The van der Waals surface area contributed by atoms with E-state index in [0.717, 1.165) is 11.3 Å². The molecule has 1 saturated heterocycles. The number of anilines is 2. The van der Waals surface area contributed by atoms with Gasteiger partial charge in [-0.05, 0) is 31.5 Å². The summed E-state index contributed by atoms with van der Waals surface area (Å²) in [5.41, 5.74) is 1.23. The molecule has 140 valence electrons. The van der Waals surface area contributed by atoms with Gasteiger partial charge in [-0.1, -0.05) is 18.2 Å². The second kappa shape index (κ2) is 6.64. The van der Waals surface area contributed by atoms with Crippen molar-refractivity contribution in [3.05, 3.63) is 48.3 Å². The number of aromatic nitrogens is 2. The Balaban J connectivity index is 1.43. The molecule has 3 heterocycles. The highest BCUT2D eigenvalue weighted by atomic mass is 16.2. The molecular formula is C20H23N5O2. The van der Waals surface area contributed by atoms with Gasteiger partial charge in [0.2, 0.25) is 17.8 Å². The van der Waals surface area contributed by atoms with Crippen molar-refractivity contribution < 1.29 is 9.59 Å². The maximum atomic E-state index is 12.9. The van der Waals surface area contributed by atoms with E-state index in [1.165, 1.54) is 0 Å². The molecular weight excluding hydrogens is 342 g/mol. The summed E-state index contributed by atoms with van der Waals surface area (Å²) in [6.45, 7) is 6.49. The number of amides is 2. The molecule has 0 bridgehead atoms. The van der Waals surface area contributed by atoms with E-state index < -0.39 is 5.41 Å². The monoisotopic (exact) mass is 365 g/mol. The van der Waals surface area contributed by atoms with Crippen LogP contribution >= 0.6 is 0 Å². The molecule has 1 aromatic carbocycles. The number of para-hydroxylation sites is 1. The average molecular weight is 365 g/mol. The Kier molecular flexibility index (Phi) is 4.30. The van der Waals surface area contributed by atoms with Gasteiger partial charge in [0.05, 0.1) is 5.41 Å². The molecule has 0 saturated carbocycles. The summed E-state index contributed by atoms with van der Waals surface area (Å²) >= 11 is 0. The molecule has 0 atom stereocenters. The number of hydrogen-bond donors (Lipinski definition) is 0. The highest BCUT2D eigenvalue weighted by Gasteiger charge is 2.44. The Morgan fingerprint density at radius 2 is 1.70 bits per heavy atom. The van der Waals surface area contributed by atoms with Gasteiger partial charge in [0.15, 0.2) is 0 Å². The summed E-state index contributed by atoms with van der Waals surface area (Å²) in [6.07, 6.45) is 3.44. The first-order valence-electron chi connectivity index (χ1n) is 9.19. The van der Waals surface area contributed by atoms with E-state index in [2.05, 4.69) is 14.9 Å². The van der Waals surface area contributed by atoms with Crippen molar-refractivity contribution in [3.8, 4) is 0 Å². The number of rotatable bonds is 3. The third-order valence-electron chi connectivity index (χ3n) is 5.41. The van der Waals surface area contributed by atoms with Crippen LogP contribution in [0.15, 0.2) is 42.7 Å². The fourth-order valence-corrected chi connectivity index (χ4v) is 3.80. The number of piperazine rings is 1. The molecule has 2 amide bonds. The van der Waals surface area contributed by atoms with Gasteiger partial charge in [0, 0.05) is 44.3 Å². The summed E-state index contributed by atoms with van der Waals surface area (Å²) in [5, 5.41) is 0. The van der Waals surface area contributed by atoms with Crippen molar-refractivity contribution >= 4 is 23.5 Å².